The van der Waals surface area contributed by atoms with Gasteiger partial charge in [0.15, 0.2) is 0 Å². The average Bonchev–Trinajstić information content (AvgIpc) is 2.21. The summed E-state index contributed by atoms with van der Waals surface area (Å²) in [6, 6.07) is 0. The van der Waals surface area contributed by atoms with Gasteiger partial charge in [0.1, 0.15) is 6.29 Å². The molecule has 76 valence electrons. The van der Waals surface area contributed by atoms with Gasteiger partial charge in [-0.2, -0.15) is 0 Å². The molecule has 0 heterocycles. The van der Waals surface area contributed by atoms with Crippen molar-refractivity contribution < 1.29 is 4.79 Å². The largest absolute Gasteiger partial charge is 0.303 e. The second-order valence-electron chi connectivity index (χ2n) is 3.05. The Morgan fingerprint density at radius 2 is 1.71 bits per heavy atom. The number of unbranched alkanes of at least 4 members (excludes halogenated alkanes) is 5. The van der Waals surface area contributed by atoms with Crippen LogP contribution in [-0.4, -0.2) is 6.29 Å². The van der Waals surface area contributed by atoms with E-state index in [-0.39, 0.29) is 0 Å². The van der Waals surface area contributed by atoms with E-state index in [9.17, 15) is 4.79 Å². The molecule has 0 saturated heterocycles. The minimum atomic E-state index is 0.709. The summed E-state index contributed by atoms with van der Waals surface area (Å²) in [5, 5.41) is 0. The quantitative estimate of drug-likeness (QED) is 0.342. The van der Waals surface area contributed by atoms with Crippen LogP contribution in [0.25, 0.3) is 0 Å². The van der Waals surface area contributed by atoms with E-state index in [4.69, 9.17) is 0 Å². The predicted octanol–water partition coefficient (Wildman–Crippen LogP) is 3.27. The van der Waals surface area contributed by atoms with Crippen molar-refractivity contribution in [2.45, 2.75) is 38.5 Å². The van der Waals surface area contributed by atoms with Crippen molar-refractivity contribution in [2.75, 3.05) is 0 Å². The Labute approximate surface area is 86.9 Å². The Morgan fingerprint density at radius 3 is 2.36 bits per heavy atom. The summed E-state index contributed by atoms with van der Waals surface area (Å²) in [5.74, 6) is 5.61. The average molecular weight is 190 g/mol. The SMILES string of the molecule is C=CC#C/C=C\CCCCCCC=O. The first kappa shape index (κ1) is 12.7. The molecule has 0 aliphatic heterocycles. The Morgan fingerprint density at radius 1 is 1.00 bits per heavy atom. The van der Waals surface area contributed by atoms with Gasteiger partial charge in [-0.25, -0.2) is 0 Å². The van der Waals surface area contributed by atoms with Crippen LogP contribution in [0.1, 0.15) is 38.5 Å². The van der Waals surface area contributed by atoms with E-state index >= 15 is 0 Å². The maximum absolute atomic E-state index is 10.0. The van der Waals surface area contributed by atoms with Crippen LogP contribution in [0, 0.1) is 11.8 Å². The molecule has 14 heavy (non-hydrogen) atoms. The summed E-state index contributed by atoms with van der Waals surface area (Å²) in [6.45, 7) is 3.50. The Bertz CT molecular complexity index is 227. The molecule has 0 N–H and O–H groups in total. The molecular formula is C13H18O. The summed E-state index contributed by atoms with van der Waals surface area (Å²) in [6.07, 6.45) is 12.9. The van der Waals surface area contributed by atoms with Gasteiger partial charge < -0.3 is 4.79 Å². The van der Waals surface area contributed by atoms with Gasteiger partial charge in [-0.3, -0.25) is 0 Å². The maximum atomic E-state index is 10.0. The molecule has 0 atom stereocenters. The van der Waals surface area contributed by atoms with Crippen LogP contribution in [0.3, 0.4) is 0 Å². The molecule has 1 heteroatoms. The van der Waals surface area contributed by atoms with Crippen LogP contribution in [-0.2, 0) is 4.79 Å². The van der Waals surface area contributed by atoms with Crippen molar-refractivity contribution >= 4 is 6.29 Å². The first-order chi connectivity index (χ1) is 6.91. The van der Waals surface area contributed by atoms with E-state index in [0.717, 1.165) is 25.5 Å². The van der Waals surface area contributed by atoms with E-state index in [2.05, 4.69) is 24.5 Å². The first-order valence-corrected chi connectivity index (χ1v) is 5.12. The number of hydrogen-bond acceptors (Lipinski definition) is 1. The maximum Gasteiger partial charge on any atom is 0.119 e. The number of carbonyl (C=O) groups excluding carboxylic acids is 1. The van der Waals surface area contributed by atoms with Crippen LogP contribution < -0.4 is 0 Å². The van der Waals surface area contributed by atoms with Crippen molar-refractivity contribution in [3.05, 3.63) is 24.8 Å². The Balaban J connectivity index is 3.16. The monoisotopic (exact) mass is 190 g/mol. The Hall–Kier alpha value is -1.29. The lowest BCUT2D eigenvalue weighted by Gasteiger charge is -1.94. The van der Waals surface area contributed by atoms with Gasteiger partial charge in [0.25, 0.3) is 0 Å². The van der Waals surface area contributed by atoms with E-state index in [1.165, 1.54) is 12.8 Å². The highest BCUT2D eigenvalue weighted by atomic mass is 16.1. The molecule has 0 radical (unpaired) electrons. The third kappa shape index (κ3) is 10.7. The molecule has 0 saturated carbocycles. The molecule has 0 aromatic heterocycles. The van der Waals surface area contributed by atoms with Gasteiger partial charge in [0, 0.05) is 6.42 Å². The number of aldehydes is 1. The molecule has 0 amide bonds. The lowest BCUT2D eigenvalue weighted by Crippen LogP contribution is -1.78. The van der Waals surface area contributed by atoms with E-state index in [1.807, 2.05) is 6.08 Å². The van der Waals surface area contributed by atoms with Crippen LogP contribution in [0.5, 0.6) is 0 Å². The molecular weight excluding hydrogens is 172 g/mol. The molecule has 0 aliphatic rings. The highest BCUT2D eigenvalue weighted by Crippen LogP contribution is 2.04. The second kappa shape index (κ2) is 11.7. The molecule has 0 spiro atoms. The van der Waals surface area contributed by atoms with E-state index in [1.54, 1.807) is 6.08 Å². The fourth-order valence-corrected chi connectivity index (χ4v) is 1.09. The highest BCUT2D eigenvalue weighted by Gasteiger charge is 1.87. The minimum Gasteiger partial charge on any atom is -0.303 e. The fourth-order valence-electron chi connectivity index (χ4n) is 1.09. The van der Waals surface area contributed by atoms with Crippen LogP contribution >= 0.6 is 0 Å². The van der Waals surface area contributed by atoms with Crippen molar-refractivity contribution in [2.24, 2.45) is 0 Å². The van der Waals surface area contributed by atoms with Crippen molar-refractivity contribution in [1.29, 1.82) is 0 Å². The zero-order chi connectivity index (χ0) is 10.5. The summed E-state index contributed by atoms with van der Waals surface area (Å²) in [5.41, 5.74) is 0. The lowest BCUT2D eigenvalue weighted by molar-refractivity contribution is -0.107. The summed E-state index contributed by atoms with van der Waals surface area (Å²) in [4.78, 5) is 10.0. The molecule has 1 nitrogen and oxygen atoms in total. The van der Waals surface area contributed by atoms with Crippen molar-refractivity contribution in [3.8, 4) is 11.8 Å². The summed E-state index contributed by atoms with van der Waals surface area (Å²) < 4.78 is 0. The topological polar surface area (TPSA) is 17.1 Å². The van der Waals surface area contributed by atoms with Crippen molar-refractivity contribution in [3.63, 3.8) is 0 Å². The minimum absolute atomic E-state index is 0.709. The third-order valence-electron chi connectivity index (χ3n) is 1.83. The number of rotatable bonds is 7. The van der Waals surface area contributed by atoms with Gasteiger partial charge >= 0.3 is 0 Å². The first-order valence-electron chi connectivity index (χ1n) is 5.12. The smallest absolute Gasteiger partial charge is 0.119 e. The van der Waals surface area contributed by atoms with Crippen LogP contribution in [0.4, 0.5) is 0 Å². The molecule has 0 unspecified atom stereocenters. The molecule has 0 aliphatic carbocycles. The predicted molar refractivity (Wildman–Crippen MR) is 60.9 cm³/mol. The zero-order valence-corrected chi connectivity index (χ0v) is 8.67. The molecule has 0 aromatic rings. The van der Waals surface area contributed by atoms with E-state index < -0.39 is 0 Å². The van der Waals surface area contributed by atoms with E-state index in [0.29, 0.717) is 6.42 Å². The van der Waals surface area contributed by atoms with Crippen molar-refractivity contribution in [1.82, 2.24) is 0 Å². The van der Waals surface area contributed by atoms with Gasteiger partial charge in [0.2, 0.25) is 0 Å². The van der Waals surface area contributed by atoms with Crippen LogP contribution in [0.15, 0.2) is 24.8 Å². The summed E-state index contributed by atoms with van der Waals surface area (Å²) in [7, 11) is 0. The number of carbonyl (C=O) groups is 1. The van der Waals surface area contributed by atoms with Crippen LogP contribution in [0.2, 0.25) is 0 Å². The van der Waals surface area contributed by atoms with Gasteiger partial charge in [-0.05, 0) is 31.4 Å². The number of hydrogen-bond donors (Lipinski definition) is 0. The van der Waals surface area contributed by atoms with Gasteiger partial charge in [-0.15, -0.1) is 0 Å². The van der Waals surface area contributed by atoms with Gasteiger partial charge in [0.05, 0.1) is 0 Å². The lowest BCUT2D eigenvalue weighted by atomic mass is 10.1. The standard InChI is InChI=1S/C13H18O/c1-2-3-4-5-6-7-8-9-10-11-12-13-14/h2,5-6,13H,1,7-12H2/b6-5-. The molecule has 0 fully saturated rings. The number of allylic oxidation sites excluding steroid dienone is 3. The third-order valence-corrected chi connectivity index (χ3v) is 1.83. The molecule has 0 aromatic carbocycles. The molecule has 0 bridgehead atoms. The zero-order valence-electron chi connectivity index (χ0n) is 8.67. The second-order valence-corrected chi connectivity index (χ2v) is 3.05. The summed E-state index contributed by atoms with van der Waals surface area (Å²) >= 11 is 0. The highest BCUT2D eigenvalue weighted by molar-refractivity contribution is 5.48. The fraction of sp³-hybridized carbons (Fsp3) is 0.462. The molecule has 0 rings (SSSR count). The Kier molecular flexibility index (Phi) is 10.6. The van der Waals surface area contributed by atoms with Gasteiger partial charge in [-0.1, -0.05) is 37.3 Å². The normalized spacial score (nSPS) is 9.43.